The molecule has 1 N–H and O–H groups in total. The Morgan fingerprint density at radius 2 is 2.24 bits per heavy atom. The van der Waals surface area contributed by atoms with E-state index in [4.69, 9.17) is 16.3 Å². The molecule has 21 heavy (non-hydrogen) atoms. The van der Waals surface area contributed by atoms with Crippen molar-refractivity contribution in [1.82, 2.24) is 9.78 Å². The lowest BCUT2D eigenvalue weighted by molar-refractivity contribution is 0.126. The molecule has 0 radical (unpaired) electrons. The minimum atomic E-state index is -0.142. The van der Waals surface area contributed by atoms with Crippen LogP contribution in [0.2, 0.25) is 5.02 Å². The van der Waals surface area contributed by atoms with Crippen molar-refractivity contribution >= 4 is 17.3 Å². The van der Waals surface area contributed by atoms with Crippen LogP contribution in [0.5, 0.6) is 0 Å². The van der Waals surface area contributed by atoms with Crippen molar-refractivity contribution in [1.29, 1.82) is 0 Å². The molecule has 1 aromatic heterocycles. The lowest BCUT2D eigenvalue weighted by Crippen LogP contribution is -2.35. The number of nitrogens with one attached hydrogen (secondary N) is 1. The molecule has 6 heteroatoms. The smallest absolute Gasteiger partial charge is 0.291 e. The van der Waals surface area contributed by atoms with Crippen LogP contribution < -0.4 is 10.9 Å². The number of anilines is 1. The van der Waals surface area contributed by atoms with Crippen molar-refractivity contribution in [3.8, 4) is 0 Å². The fourth-order valence-corrected chi connectivity index (χ4v) is 2.28. The number of rotatable bonds is 8. The standard InChI is InChI=1S/C15H24ClN3O2/c1-4-21-9-13(10(2)3)18-14-12(16)7-17-19(15(14)20)8-11-5-6-11/h7,10-11,13,18H,4-6,8-9H2,1-3H3. The molecule has 0 saturated heterocycles. The topological polar surface area (TPSA) is 56.1 Å². The van der Waals surface area contributed by atoms with E-state index < -0.39 is 0 Å². The first-order valence-corrected chi connectivity index (χ1v) is 8.00. The molecule has 0 spiro atoms. The van der Waals surface area contributed by atoms with Crippen LogP contribution >= 0.6 is 11.6 Å². The molecule has 1 aliphatic rings. The van der Waals surface area contributed by atoms with Crippen molar-refractivity contribution in [2.45, 2.75) is 46.2 Å². The molecule has 1 aromatic rings. The zero-order valence-corrected chi connectivity index (χ0v) is 13.7. The van der Waals surface area contributed by atoms with Gasteiger partial charge in [-0.1, -0.05) is 25.4 Å². The Balaban J connectivity index is 2.18. The Hall–Kier alpha value is -1.07. The summed E-state index contributed by atoms with van der Waals surface area (Å²) in [5, 5.41) is 7.76. The van der Waals surface area contributed by atoms with Crippen molar-refractivity contribution < 1.29 is 4.74 Å². The van der Waals surface area contributed by atoms with Gasteiger partial charge in [-0.05, 0) is 31.6 Å². The molecule has 0 bridgehead atoms. The third-order valence-corrected chi connectivity index (χ3v) is 4.05. The summed E-state index contributed by atoms with van der Waals surface area (Å²) in [6.07, 6.45) is 3.91. The lowest BCUT2D eigenvalue weighted by Gasteiger charge is -2.23. The lowest BCUT2D eigenvalue weighted by atomic mass is 10.1. The second-order valence-electron chi connectivity index (χ2n) is 5.95. The second kappa shape index (κ2) is 7.27. The molecule has 2 rings (SSSR count). The average Bonchev–Trinajstić information content (AvgIpc) is 3.25. The normalized spacial score (nSPS) is 16.2. The molecule has 1 fully saturated rings. The maximum atomic E-state index is 12.5. The summed E-state index contributed by atoms with van der Waals surface area (Å²) in [6.45, 7) is 8.03. The van der Waals surface area contributed by atoms with Crippen molar-refractivity contribution in [2.75, 3.05) is 18.5 Å². The largest absolute Gasteiger partial charge is 0.380 e. The van der Waals surface area contributed by atoms with Crippen molar-refractivity contribution in [3.05, 3.63) is 21.6 Å². The minimum Gasteiger partial charge on any atom is -0.380 e. The first-order chi connectivity index (χ1) is 10.0. The van der Waals surface area contributed by atoms with E-state index in [1.807, 2.05) is 6.92 Å². The number of nitrogens with zero attached hydrogens (tertiary/aromatic N) is 2. The van der Waals surface area contributed by atoms with Gasteiger partial charge in [0.15, 0.2) is 0 Å². The van der Waals surface area contributed by atoms with Crippen LogP contribution in [0.3, 0.4) is 0 Å². The van der Waals surface area contributed by atoms with E-state index in [0.717, 1.165) is 0 Å². The molecular weight excluding hydrogens is 290 g/mol. The fraction of sp³-hybridized carbons (Fsp3) is 0.733. The van der Waals surface area contributed by atoms with Gasteiger partial charge in [-0.2, -0.15) is 5.10 Å². The van der Waals surface area contributed by atoms with Gasteiger partial charge in [-0.3, -0.25) is 4.79 Å². The van der Waals surface area contributed by atoms with Crippen molar-refractivity contribution in [2.24, 2.45) is 11.8 Å². The summed E-state index contributed by atoms with van der Waals surface area (Å²) in [7, 11) is 0. The van der Waals surface area contributed by atoms with Gasteiger partial charge in [0.2, 0.25) is 0 Å². The van der Waals surface area contributed by atoms with E-state index >= 15 is 0 Å². The van der Waals surface area contributed by atoms with Crippen LogP contribution in [0, 0.1) is 11.8 Å². The molecule has 5 nitrogen and oxygen atoms in total. The number of hydrogen-bond acceptors (Lipinski definition) is 4. The second-order valence-corrected chi connectivity index (χ2v) is 6.36. The summed E-state index contributed by atoms with van der Waals surface area (Å²) in [5.74, 6) is 0.922. The zero-order valence-electron chi connectivity index (χ0n) is 12.9. The Morgan fingerprint density at radius 1 is 1.52 bits per heavy atom. The van der Waals surface area contributed by atoms with Gasteiger partial charge in [0.1, 0.15) is 5.69 Å². The molecule has 118 valence electrons. The Morgan fingerprint density at radius 3 is 2.81 bits per heavy atom. The van der Waals surface area contributed by atoms with E-state index in [2.05, 4.69) is 24.3 Å². The first-order valence-electron chi connectivity index (χ1n) is 7.62. The highest BCUT2D eigenvalue weighted by atomic mass is 35.5. The van der Waals surface area contributed by atoms with Gasteiger partial charge in [0.25, 0.3) is 5.56 Å². The van der Waals surface area contributed by atoms with Gasteiger partial charge in [-0.25, -0.2) is 4.68 Å². The van der Waals surface area contributed by atoms with E-state index in [-0.39, 0.29) is 11.6 Å². The molecule has 1 aliphatic carbocycles. The van der Waals surface area contributed by atoms with E-state index in [1.165, 1.54) is 17.5 Å². The number of aromatic nitrogens is 2. The third-order valence-electron chi connectivity index (χ3n) is 3.76. The summed E-state index contributed by atoms with van der Waals surface area (Å²) in [4.78, 5) is 12.5. The number of ether oxygens (including phenoxy) is 1. The van der Waals surface area contributed by atoms with Crippen LogP contribution in [0.15, 0.2) is 11.0 Å². The molecule has 0 aromatic carbocycles. The van der Waals surface area contributed by atoms with E-state index in [0.29, 0.717) is 42.3 Å². The van der Waals surface area contributed by atoms with E-state index in [9.17, 15) is 4.79 Å². The predicted molar refractivity (Wildman–Crippen MR) is 85.0 cm³/mol. The van der Waals surface area contributed by atoms with Gasteiger partial charge < -0.3 is 10.1 Å². The van der Waals surface area contributed by atoms with Gasteiger partial charge >= 0.3 is 0 Å². The molecule has 0 amide bonds. The van der Waals surface area contributed by atoms with Crippen LogP contribution in [0.1, 0.15) is 33.6 Å². The zero-order chi connectivity index (χ0) is 15.4. The molecule has 1 heterocycles. The first kappa shape index (κ1) is 16.3. The number of hydrogen-bond donors (Lipinski definition) is 1. The van der Waals surface area contributed by atoms with Gasteiger partial charge in [-0.15, -0.1) is 0 Å². The summed E-state index contributed by atoms with van der Waals surface area (Å²) in [5.41, 5.74) is 0.294. The summed E-state index contributed by atoms with van der Waals surface area (Å²) < 4.78 is 7.00. The molecule has 1 atom stereocenters. The highest BCUT2D eigenvalue weighted by Gasteiger charge is 2.24. The summed E-state index contributed by atoms with van der Waals surface area (Å²) in [6, 6.07) is 0.0481. The Kier molecular flexibility index (Phi) is 5.65. The highest BCUT2D eigenvalue weighted by molar-refractivity contribution is 6.33. The Bertz CT molecular complexity index is 526. The maximum Gasteiger partial charge on any atom is 0.291 e. The van der Waals surface area contributed by atoms with Crippen LogP contribution in [0.4, 0.5) is 5.69 Å². The molecular formula is C15H24ClN3O2. The molecule has 0 aliphatic heterocycles. The van der Waals surface area contributed by atoms with Crippen LogP contribution in [-0.2, 0) is 11.3 Å². The maximum absolute atomic E-state index is 12.5. The van der Waals surface area contributed by atoms with Gasteiger partial charge in [0.05, 0.1) is 23.9 Å². The minimum absolute atomic E-state index is 0.0481. The fourth-order valence-electron chi connectivity index (χ4n) is 2.11. The number of halogens is 1. The monoisotopic (exact) mass is 313 g/mol. The van der Waals surface area contributed by atoms with Crippen molar-refractivity contribution in [3.63, 3.8) is 0 Å². The van der Waals surface area contributed by atoms with Crippen LogP contribution in [0.25, 0.3) is 0 Å². The van der Waals surface area contributed by atoms with Crippen LogP contribution in [-0.4, -0.2) is 29.0 Å². The van der Waals surface area contributed by atoms with E-state index in [1.54, 1.807) is 6.20 Å². The average molecular weight is 314 g/mol. The Labute approximate surface area is 130 Å². The van der Waals surface area contributed by atoms with Gasteiger partial charge in [0, 0.05) is 13.2 Å². The predicted octanol–water partition coefficient (Wildman–Crippen LogP) is 2.78. The molecule has 1 saturated carbocycles. The molecule has 1 unspecified atom stereocenters. The third kappa shape index (κ3) is 4.45. The summed E-state index contributed by atoms with van der Waals surface area (Å²) >= 11 is 6.16. The highest BCUT2D eigenvalue weighted by Crippen LogP contribution is 2.30. The quantitative estimate of drug-likeness (QED) is 0.802. The SMILES string of the molecule is CCOCC(Nc1c(Cl)cnn(CC2CC2)c1=O)C(C)C.